The molecule has 19 heavy (non-hydrogen) atoms. The highest BCUT2D eigenvalue weighted by Gasteiger charge is 2.20. The molecule has 0 N–H and O–H groups in total. The monoisotopic (exact) mass is 278 g/mol. The summed E-state index contributed by atoms with van der Waals surface area (Å²) >= 11 is 5.92. The molecule has 104 valence electrons. The Morgan fingerprint density at radius 3 is 2.68 bits per heavy atom. The van der Waals surface area contributed by atoms with Gasteiger partial charge in [-0.25, -0.2) is 4.98 Å². The smallest absolute Gasteiger partial charge is 0.111 e. The molecule has 0 saturated heterocycles. The van der Waals surface area contributed by atoms with Crippen LogP contribution in [0, 0.1) is 12.3 Å². The standard InChI is InChI=1S/C16H23ClN2/c1-5-16(3,4)11-19-14-7-6-12(2)10-13(14)18-15(19)8-9-17/h6-7,10H,5,8-9,11H2,1-4H3. The van der Waals surface area contributed by atoms with Crippen molar-refractivity contribution in [2.45, 2.75) is 47.1 Å². The third-order valence-corrected chi connectivity index (χ3v) is 4.03. The molecule has 3 heteroatoms. The van der Waals surface area contributed by atoms with Crippen molar-refractivity contribution in [3.8, 4) is 0 Å². The van der Waals surface area contributed by atoms with Crippen LogP contribution in [0.1, 0.15) is 38.6 Å². The van der Waals surface area contributed by atoms with Crippen molar-refractivity contribution < 1.29 is 0 Å². The van der Waals surface area contributed by atoms with Gasteiger partial charge in [0.05, 0.1) is 11.0 Å². The van der Waals surface area contributed by atoms with Gasteiger partial charge in [-0.3, -0.25) is 0 Å². The van der Waals surface area contributed by atoms with Crippen molar-refractivity contribution >= 4 is 22.6 Å². The zero-order valence-corrected chi connectivity index (χ0v) is 13.1. The Kier molecular flexibility index (Phi) is 4.19. The molecule has 2 aromatic rings. The van der Waals surface area contributed by atoms with E-state index in [9.17, 15) is 0 Å². The molecule has 0 unspecified atom stereocenters. The number of nitrogens with zero attached hydrogens (tertiary/aromatic N) is 2. The van der Waals surface area contributed by atoms with Crippen molar-refractivity contribution in [2.24, 2.45) is 5.41 Å². The van der Waals surface area contributed by atoms with E-state index in [2.05, 4.69) is 50.5 Å². The maximum Gasteiger partial charge on any atom is 0.111 e. The van der Waals surface area contributed by atoms with Crippen LogP contribution in [0.4, 0.5) is 0 Å². The molecule has 0 atom stereocenters. The molecule has 0 radical (unpaired) electrons. The summed E-state index contributed by atoms with van der Waals surface area (Å²) in [7, 11) is 0. The molecule has 0 spiro atoms. The van der Waals surface area contributed by atoms with Crippen LogP contribution in [-0.4, -0.2) is 15.4 Å². The zero-order valence-electron chi connectivity index (χ0n) is 12.3. The second-order valence-corrected chi connectivity index (χ2v) is 6.44. The minimum atomic E-state index is 0.277. The van der Waals surface area contributed by atoms with Crippen LogP contribution in [0.3, 0.4) is 0 Å². The molecule has 0 aliphatic carbocycles. The lowest BCUT2D eigenvalue weighted by atomic mass is 9.90. The maximum absolute atomic E-state index is 5.92. The minimum Gasteiger partial charge on any atom is -0.327 e. The minimum absolute atomic E-state index is 0.277. The summed E-state index contributed by atoms with van der Waals surface area (Å²) in [5.41, 5.74) is 3.85. The van der Waals surface area contributed by atoms with Crippen LogP contribution in [0.15, 0.2) is 18.2 Å². The zero-order chi connectivity index (χ0) is 14.0. The molecule has 0 aliphatic heterocycles. The first kappa shape index (κ1) is 14.4. The van der Waals surface area contributed by atoms with E-state index < -0.39 is 0 Å². The Morgan fingerprint density at radius 2 is 2.05 bits per heavy atom. The first-order chi connectivity index (χ1) is 8.96. The molecule has 0 bridgehead atoms. The van der Waals surface area contributed by atoms with Crippen molar-refractivity contribution in [3.63, 3.8) is 0 Å². The Labute approximate surface area is 120 Å². The number of rotatable bonds is 5. The first-order valence-corrected chi connectivity index (χ1v) is 7.52. The van der Waals surface area contributed by atoms with E-state index in [0.29, 0.717) is 5.88 Å². The van der Waals surface area contributed by atoms with E-state index in [-0.39, 0.29) is 5.41 Å². The van der Waals surface area contributed by atoms with Gasteiger partial charge < -0.3 is 4.57 Å². The SMILES string of the molecule is CCC(C)(C)Cn1c(CCCl)nc2cc(C)ccc21. The fourth-order valence-electron chi connectivity index (χ4n) is 2.28. The summed E-state index contributed by atoms with van der Waals surface area (Å²) in [5.74, 6) is 1.73. The largest absolute Gasteiger partial charge is 0.327 e. The van der Waals surface area contributed by atoms with Gasteiger partial charge >= 0.3 is 0 Å². The summed E-state index contributed by atoms with van der Waals surface area (Å²) in [6.45, 7) is 9.95. The highest BCUT2D eigenvalue weighted by atomic mass is 35.5. The molecule has 0 saturated carbocycles. The van der Waals surface area contributed by atoms with E-state index >= 15 is 0 Å². The van der Waals surface area contributed by atoms with E-state index in [4.69, 9.17) is 16.6 Å². The molecule has 1 aromatic heterocycles. The third-order valence-electron chi connectivity index (χ3n) is 3.84. The van der Waals surface area contributed by atoms with Crippen molar-refractivity contribution in [2.75, 3.05) is 5.88 Å². The van der Waals surface area contributed by atoms with Gasteiger partial charge in [-0.05, 0) is 36.5 Å². The van der Waals surface area contributed by atoms with E-state index in [0.717, 1.165) is 30.7 Å². The van der Waals surface area contributed by atoms with Gasteiger partial charge in [0.15, 0.2) is 0 Å². The van der Waals surface area contributed by atoms with Gasteiger partial charge in [0.1, 0.15) is 5.82 Å². The number of halogens is 1. The summed E-state index contributed by atoms with van der Waals surface area (Å²) in [4.78, 5) is 4.76. The van der Waals surface area contributed by atoms with Crippen molar-refractivity contribution in [1.82, 2.24) is 9.55 Å². The fraction of sp³-hybridized carbons (Fsp3) is 0.562. The maximum atomic E-state index is 5.92. The molecule has 1 aromatic carbocycles. The molecule has 0 fully saturated rings. The van der Waals surface area contributed by atoms with Crippen LogP contribution in [0.5, 0.6) is 0 Å². The van der Waals surface area contributed by atoms with Gasteiger partial charge in [0.2, 0.25) is 0 Å². The van der Waals surface area contributed by atoms with Gasteiger partial charge in [0.25, 0.3) is 0 Å². The van der Waals surface area contributed by atoms with Crippen LogP contribution in [-0.2, 0) is 13.0 Å². The summed E-state index contributed by atoms with van der Waals surface area (Å²) in [6.07, 6.45) is 1.98. The number of fused-ring (bicyclic) bond motifs is 1. The lowest BCUT2D eigenvalue weighted by Crippen LogP contribution is -2.20. The fourth-order valence-corrected chi connectivity index (χ4v) is 2.45. The van der Waals surface area contributed by atoms with Crippen LogP contribution in [0.2, 0.25) is 0 Å². The second-order valence-electron chi connectivity index (χ2n) is 6.06. The molecule has 2 rings (SSSR count). The van der Waals surface area contributed by atoms with Gasteiger partial charge in [-0.15, -0.1) is 11.6 Å². The summed E-state index contributed by atoms with van der Waals surface area (Å²) < 4.78 is 2.35. The topological polar surface area (TPSA) is 17.8 Å². The molecular weight excluding hydrogens is 256 g/mol. The Hall–Kier alpha value is -1.02. The first-order valence-electron chi connectivity index (χ1n) is 6.98. The van der Waals surface area contributed by atoms with Gasteiger partial charge in [-0.2, -0.15) is 0 Å². The summed E-state index contributed by atoms with van der Waals surface area (Å²) in [6, 6.07) is 6.49. The van der Waals surface area contributed by atoms with Crippen LogP contribution in [0.25, 0.3) is 11.0 Å². The number of imidazole rings is 1. The number of hydrogen-bond acceptors (Lipinski definition) is 1. The summed E-state index contributed by atoms with van der Waals surface area (Å²) in [5, 5.41) is 0. The van der Waals surface area contributed by atoms with Crippen LogP contribution >= 0.6 is 11.6 Å². The third kappa shape index (κ3) is 3.11. The average molecular weight is 279 g/mol. The number of benzene rings is 1. The van der Waals surface area contributed by atoms with Gasteiger partial charge in [-0.1, -0.05) is 26.8 Å². The lowest BCUT2D eigenvalue weighted by Gasteiger charge is -2.24. The highest BCUT2D eigenvalue weighted by molar-refractivity contribution is 6.17. The number of aromatic nitrogens is 2. The van der Waals surface area contributed by atoms with Crippen molar-refractivity contribution in [3.05, 3.63) is 29.6 Å². The molecule has 0 amide bonds. The van der Waals surface area contributed by atoms with Gasteiger partial charge in [0, 0.05) is 18.8 Å². The molecule has 1 heterocycles. The highest BCUT2D eigenvalue weighted by Crippen LogP contribution is 2.27. The number of hydrogen-bond donors (Lipinski definition) is 0. The molecule has 2 nitrogen and oxygen atoms in total. The number of alkyl halides is 1. The average Bonchev–Trinajstić information content (AvgIpc) is 2.67. The normalized spacial score (nSPS) is 12.3. The Bertz CT molecular complexity index is 569. The quantitative estimate of drug-likeness (QED) is 0.733. The van der Waals surface area contributed by atoms with Crippen LogP contribution < -0.4 is 0 Å². The van der Waals surface area contributed by atoms with E-state index in [1.807, 2.05) is 0 Å². The molecule has 0 aliphatic rings. The predicted octanol–water partition coefficient (Wildman–Crippen LogP) is 4.56. The van der Waals surface area contributed by atoms with E-state index in [1.54, 1.807) is 0 Å². The molecular formula is C16H23ClN2. The van der Waals surface area contributed by atoms with Crippen molar-refractivity contribution in [1.29, 1.82) is 0 Å². The predicted molar refractivity (Wildman–Crippen MR) is 83.0 cm³/mol. The number of aryl methyl sites for hydroxylation is 2. The lowest BCUT2D eigenvalue weighted by molar-refractivity contribution is 0.294. The Balaban J connectivity index is 2.52. The van der Waals surface area contributed by atoms with E-state index in [1.165, 1.54) is 11.1 Å². The second kappa shape index (κ2) is 5.54. The Morgan fingerprint density at radius 1 is 1.32 bits per heavy atom.